The number of benzene rings is 2. The van der Waals surface area contributed by atoms with Gasteiger partial charge in [0.1, 0.15) is 6.33 Å². The summed E-state index contributed by atoms with van der Waals surface area (Å²) in [5, 5.41) is 0. The van der Waals surface area contributed by atoms with Crippen molar-refractivity contribution < 1.29 is 4.79 Å². The average molecular weight is 377 g/mol. The molecule has 1 fully saturated rings. The van der Waals surface area contributed by atoms with Crippen molar-refractivity contribution in [3.8, 4) is 5.69 Å². The average Bonchev–Trinajstić information content (AvgIpc) is 3.17. The van der Waals surface area contributed by atoms with Gasteiger partial charge in [0.15, 0.2) is 0 Å². The van der Waals surface area contributed by atoms with E-state index in [2.05, 4.69) is 34.4 Å². The third-order valence-electron chi connectivity index (χ3n) is 5.87. The van der Waals surface area contributed by atoms with Crippen molar-refractivity contribution in [2.24, 2.45) is 0 Å². The van der Waals surface area contributed by atoms with Gasteiger partial charge in [-0.1, -0.05) is 12.1 Å². The number of para-hydroxylation sites is 2. The van der Waals surface area contributed by atoms with Crippen LogP contribution in [0.5, 0.6) is 0 Å². The van der Waals surface area contributed by atoms with Gasteiger partial charge in [0.05, 0.1) is 11.0 Å². The predicted molar refractivity (Wildman–Crippen MR) is 113 cm³/mol. The van der Waals surface area contributed by atoms with Gasteiger partial charge in [0.25, 0.3) is 5.91 Å². The lowest BCUT2D eigenvalue weighted by molar-refractivity contribution is 0.0575. The number of hydrogen-bond donors (Lipinski definition) is 0. The summed E-state index contributed by atoms with van der Waals surface area (Å²) in [7, 11) is 1.94. The van der Waals surface area contributed by atoms with E-state index in [0.29, 0.717) is 6.04 Å². The van der Waals surface area contributed by atoms with Crippen molar-refractivity contribution >= 4 is 16.9 Å². The first-order valence-corrected chi connectivity index (χ1v) is 10.1. The topological polar surface area (TPSA) is 41.4 Å². The minimum Gasteiger partial charge on any atom is -0.337 e. The summed E-state index contributed by atoms with van der Waals surface area (Å²) in [5.41, 5.74) is 3.78. The highest BCUT2D eigenvalue weighted by atomic mass is 16.2. The molecule has 5 heteroatoms. The van der Waals surface area contributed by atoms with Crippen LogP contribution in [-0.4, -0.2) is 57.5 Å². The number of fused-ring (bicyclic) bond motifs is 1. The first-order chi connectivity index (χ1) is 13.5. The molecule has 146 valence electrons. The van der Waals surface area contributed by atoms with Crippen LogP contribution in [0.4, 0.5) is 0 Å². The molecule has 1 aliphatic rings. The number of hydrogen-bond acceptors (Lipinski definition) is 3. The number of carbonyl (C=O) groups is 1. The molecule has 1 aliphatic heterocycles. The molecule has 0 bridgehead atoms. The molecule has 0 spiro atoms. The standard InChI is InChI=1S/C23H28N4O/c1-17(2)26-14-6-7-20(15-26)25(3)23(28)18-10-12-19(13-11-18)27-16-24-21-8-4-5-9-22(21)27/h4-5,8-13,16-17,20H,6-7,14-15H2,1-3H3. The molecule has 1 atom stereocenters. The van der Waals surface area contributed by atoms with E-state index in [1.165, 1.54) is 0 Å². The fraction of sp³-hybridized carbons (Fsp3) is 0.391. The van der Waals surface area contributed by atoms with Crippen molar-refractivity contribution in [3.05, 3.63) is 60.4 Å². The lowest BCUT2D eigenvalue weighted by Crippen LogP contribution is -2.50. The van der Waals surface area contributed by atoms with Crippen LogP contribution in [0.2, 0.25) is 0 Å². The molecule has 2 heterocycles. The van der Waals surface area contributed by atoms with Crippen molar-refractivity contribution in [1.29, 1.82) is 0 Å². The van der Waals surface area contributed by atoms with Gasteiger partial charge in [0.2, 0.25) is 0 Å². The molecule has 5 nitrogen and oxygen atoms in total. The fourth-order valence-electron chi connectivity index (χ4n) is 4.07. The Labute approximate surface area is 166 Å². The molecule has 0 aliphatic carbocycles. The van der Waals surface area contributed by atoms with Crippen LogP contribution in [0.1, 0.15) is 37.0 Å². The summed E-state index contributed by atoms with van der Waals surface area (Å²) in [6.07, 6.45) is 4.05. The van der Waals surface area contributed by atoms with E-state index in [0.717, 1.165) is 48.2 Å². The maximum Gasteiger partial charge on any atom is 0.253 e. The third kappa shape index (κ3) is 3.54. The molecule has 4 rings (SSSR count). The van der Waals surface area contributed by atoms with Crippen LogP contribution in [0.15, 0.2) is 54.9 Å². The summed E-state index contributed by atoms with van der Waals surface area (Å²) in [6.45, 7) is 6.54. The van der Waals surface area contributed by atoms with Gasteiger partial charge in [-0.3, -0.25) is 14.3 Å². The highest BCUT2D eigenvalue weighted by molar-refractivity contribution is 5.94. The second-order valence-corrected chi connectivity index (χ2v) is 7.95. The second kappa shape index (κ2) is 7.76. The summed E-state index contributed by atoms with van der Waals surface area (Å²) in [6, 6.07) is 16.7. The Kier molecular flexibility index (Phi) is 5.18. The Balaban J connectivity index is 1.51. The summed E-state index contributed by atoms with van der Waals surface area (Å²) >= 11 is 0. The molecule has 1 unspecified atom stereocenters. The van der Waals surface area contributed by atoms with Crippen molar-refractivity contribution in [2.45, 2.75) is 38.8 Å². The van der Waals surface area contributed by atoms with Crippen LogP contribution in [0.3, 0.4) is 0 Å². The van der Waals surface area contributed by atoms with Gasteiger partial charge in [-0.15, -0.1) is 0 Å². The Hall–Kier alpha value is -2.66. The Bertz CT molecular complexity index is 960. The van der Waals surface area contributed by atoms with E-state index < -0.39 is 0 Å². The quantitative estimate of drug-likeness (QED) is 0.692. The molecule has 28 heavy (non-hydrogen) atoms. The molecular weight excluding hydrogens is 348 g/mol. The summed E-state index contributed by atoms with van der Waals surface area (Å²) < 4.78 is 2.05. The van der Waals surface area contributed by atoms with Crippen molar-refractivity contribution in [3.63, 3.8) is 0 Å². The highest BCUT2D eigenvalue weighted by Crippen LogP contribution is 2.21. The monoisotopic (exact) mass is 376 g/mol. The lowest BCUT2D eigenvalue weighted by Gasteiger charge is -2.39. The Morgan fingerprint density at radius 3 is 2.64 bits per heavy atom. The first kappa shape index (κ1) is 18.7. The van der Waals surface area contributed by atoms with E-state index in [1.807, 2.05) is 60.7 Å². The zero-order chi connectivity index (χ0) is 19.7. The van der Waals surface area contributed by atoms with Gasteiger partial charge in [0, 0.05) is 36.9 Å². The molecular formula is C23H28N4O. The van der Waals surface area contributed by atoms with Gasteiger partial charge >= 0.3 is 0 Å². The molecule has 1 aromatic heterocycles. The fourth-order valence-corrected chi connectivity index (χ4v) is 4.07. The molecule has 0 N–H and O–H groups in total. The highest BCUT2D eigenvalue weighted by Gasteiger charge is 2.27. The maximum absolute atomic E-state index is 13.0. The van der Waals surface area contributed by atoms with Gasteiger partial charge in [-0.2, -0.15) is 0 Å². The predicted octanol–water partition coefficient (Wildman–Crippen LogP) is 3.97. The van der Waals surface area contributed by atoms with E-state index in [9.17, 15) is 4.79 Å². The molecule has 2 aromatic carbocycles. The molecule has 3 aromatic rings. The maximum atomic E-state index is 13.0. The molecule has 0 saturated carbocycles. The summed E-state index contributed by atoms with van der Waals surface area (Å²) in [4.78, 5) is 21.9. The van der Waals surface area contributed by atoms with Crippen LogP contribution < -0.4 is 0 Å². The van der Waals surface area contributed by atoms with E-state index in [-0.39, 0.29) is 11.9 Å². The number of piperidine rings is 1. The number of likely N-dealkylation sites (tertiary alicyclic amines) is 1. The first-order valence-electron chi connectivity index (χ1n) is 10.1. The number of nitrogens with zero attached hydrogens (tertiary/aromatic N) is 4. The molecule has 1 amide bonds. The Morgan fingerprint density at radius 1 is 1.14 bits per heavy atom. The van der Waals surface area contributed by atoms with Crippen LogP contribution in [0.25, 0.3) is 16.7 Å². The van der Waals surface area contributed by atoms with Crippen LogP contribution in [0, 0.1) is 0 Å². The van der Waals surface area contributed by atoms with Gasteiger partial charge < -0.3 is 4.90 Å². The Morgan fingerprint density at radius 2 is 1.89 bits per heavy atom. The van der Waals surface area contributed by atoms with Crippen molar-refractivity contribution in [1.82, 2.24) is 19.4 Å². The molecule has 0 radical (unpaired) electrons. The van der Waals surface area contributed by atoms with Crippen LogP contribution in [-0.2, 0) is 0 Å². The normalized spacial score (nSPS) is 17.9. The summed E-state index contributed by atoms with van der Waals surface area (Å²) in [5.74, 6) is 0.0950. The number of carbonyl (C=O) groups excluding carboxylic acids is 1. The minimum absolute atomic E-state index is 0.0950. The number of rotatable bonds is 4. The van der Waals surface area contributed by atoms with E-state index in [1.54, 1.807) is 0 Å². The second-order valence-electron chi connectivity index (χ2n) is 7.95. The number of likely N-dealkylation sites (N-methyl/N-ethyl adjacent to an activating group) is 1. The lowest BCUT2D eigenvalue weighted by atomic mass is 10.0. The largest absolute Gasteiger partial charge is 0.337 e. The number of imidazole rings is 1. The minimum atomic E-state index is 0.0950. The third-order valence-corrected chi connectivity index (χ3v) is 5.87. The number of amides is 1. The smallest absolute Gasteiger partial charge is 0.253 e. The van der Waals surface area contributed by atoms with E-state index >= 15 is 0 Å². The zero-order valence-corrected chi connectivity index (χ0v) is 16.9. The zero-order valence-electron chi connectivity index (χ0n) is 16.9. The van der Waals surface area contributed by atoms with Crippen LogP contribution >= 0.6 is 0 Å². The number of aromatic nitrogens is 2. The molecule has 1 saturated heterocycles. The van der Waals surface area contributed by atoms with Gasteiger partial charge in [-0.05, 0) is 69.6 Å². The van der Waals surface area contributed by atoms with Gasteiger partial charge in [-0.25, -0.2) is 4.98 Å². The van der Waals surface area contributed by atoms with E-state index in [4.69, 9.17) is 0 Å². The van der Waals surface area contributed by atoms with Crippen molar-refractivity contribution in [2.75, 3.05) is 20.1 Å². The SMILES string of the molecule is CC(C)N1CCCC(N(C)C(=O)c2ccc(-n3cnc4ccccc43)cc2)C1.